The lowest BCUT2D eigenvalue weighted by molar-refractivity contribution is -0.139. The predicted molar refractivity (Wildman–Crippen MR) is 83.3 cm³/mol. The van der Waals surface area contributed by atoms with E-state index in [0.29, 0.717) is 5.56 Å². The number of imide groups is 1. The van der Waals surface area contributed by atoms with Crippen molar-refractivity contribution in [3.8, 4) is 0 Å². The largest absolute Gasteiger partial charge is 0.469 e. The topological polar surface area (TPSA) is 82.1 Å². The van der Waals surface area contributed by atoms with Crippen LogP contribution in [-0.2, 0) is 25.4 Å². The highest BCUT2D eigenvalue weighted by Gasteiger charge is 2.31. The van der Waals surface area contributed by atoms with E-state index >= 15 is 0 Å². The molecule has 0 aliphatic carbocycles. The number of nitrogens with zero attached hydrogens (tertiary/aromatic N) is 1. The molecule has 0 radical (unpaired) electrons. The molecular weight excluding hydrogens is 302 g/mol. The Balaban J connectivity index is 3.25. The summed E-state index contributed by atoms with van der Waals surface area (Å²) < 4.78 is 14.5. The SMILES string of the molecule is COC(=O)Cc1ccccc1N(C(=O)OC)C(=O)OC(C)(C)C. The Morgan fingerprint density at radius 1 is 1.00 bits per heavy atom. The molecule has 1 aromatic rings. The van der Waals surface area contributed by atoms with Crippen LogP contribution in [0.15, 0.2) is 24.3 Å². The van der Waals surface area contributed by atoms with Crippen molar-refractivity contribution in [2.45, 2.75) is 32.8 Å². The number of methoxy groups -OCH3 is 2. The molecule has 0 saturated heterocycles. The highest BCUT2D eigenvalue weighted by atomic mass is 16.6. The number of hydrogen-bond acceptors (Lipinski definition) is 6. The molecule has 23 heavy (non-hydrogen) atoms. The Labute approximate surface area is 135 Å². The number of benzene rings is 1. The lowest BCUT2D eigenvalue weighted by Gasteiger charge is -2.26. The number of hydrogen-bond donors (Lipinski definition) is 0. The van der Waals surface area contributed by atoms with Crippen LogP contribution in [0.5, 0.6) is 0 Å². The minimum absolute atomic E-state index is 0.0943. The molecule has 0 spiro atoms. The molecule has 126 valence electrons. The van der Waals surface area contributed by atoms with Gasteiger partial charge in [-0.2, -0.15) is 4.90 Å². The molecule has 0 N–H and O–H groups in total. The van der Waals surface area contributed by atoms with E-state index < -0.39 is 23.8 Å². The highest BCUT2D eigenvalue weighted by molar-refractivity contribution is 6.10. The average Bonchev–Trinajstić information content (AvgIpc) is 2.47. The summed E-state index contributed by atoms with van der Waals surface area (Å²) in [7, 11) is 2.42. The first-order chi connectivity index (χ1) is 10.7. The predicted octanol–water partition coefficient (Wildman–Crippen LogP) is 2.91. The van der Waals surface area contributed by atoms with Crippen LogP contribution in [0.25, 0.3) is 0 Å². The van der Waals surface area contributed by atoms with Gasteiger partial charge in [0, 0.05) is 0 Å². The first kappa shape index (κ1) is 18.5. The normalized spacial score (nSPS) is 10.7. The Morgan fingerprint density at radius 2 is 1.61 bits per heavy atom. The summed E-state index contributed by atoms with van der Waals surface area (Å²) >= 11 is 0. The molecule has 0 aromatic heterocycles. The fourth-order valence-corrected chi connectivity index (χ4v) is 1.78. The number of ether oxygens (including phenoxy) is 3. The van der Waals surface area contributed by atoms with E-state index in [9.17, 15) is 14.4 Å². The minimum atomic E-state index is -0.906. The van der Waals surface area contributed by atoms with Gasteiger partial charge in [-0.05, 0) is 32.4 Å². The lowest BCUT2D eigenvalue weighted by Crippen LogP contribution is -2.41. The van der Waals surface area contributed by atoms with Crippen molar-refractivity contribution in [2.24, 2.45) is 0 Å². The summed E-state index contributed by atoms with van der Waals surface area (Å²) in [6, 6.07) is 6.47. The van der Waals surface area contributed by atoms with Gasteiger partial charge in [0.1, 0.15) is 5.60 Å². The molecular formula is C16H21NO6. The van der Waals surface area contributed by atoms with Gasteiger partial charge in [0.05, 0.1) is 26.3 Å². The summed E-state index contributed by atoms with van der Waals surface area (Å²) in [4.78, 5) is 36.7. The number of anilines is 1. The van der Waals surface area contributed by atoms with E-state index in [1.807, 2.05) is 0 Å². The molecule has 0 atom stereocenters. The van der Waals surface area contributed by atoms with Gasteiger partial charge in [0.2, 0.25) is 0 Å². The zero-order chi connectivity index (χ0) is 17.6. The van der Waals surface area contributed by atoms with E-state index in [-0.39, 0.29) is 12.1 Å². The van der Waals surface area contributed by atoms with Crippen LogP contribution in [0.4, 0.5) is 15.3 Å². The molecule has 0 fully saturated rings. The van der Waals surface area contributed by atoms with Crippen LogP contribution in [0.2, 0.25) is 0 Å². The maximum atomic E-state index is 12.4. The van der Waals surface area contributed by atoms with Gasteiger partial charge >= 0.3 is 18.2 Å². The van der Waals surface area contributed by atoms with Gasteiger partial charge in [-0.1, -0.05) is 18.2 Å². The number of carbonyl (C=O) groups is 3. The van der Waals surface area contributed by atoms with Crippen molar-refractivity contribution >= 4 is 23.8 Å². The van der Waals surface area contributed by atoms with Crippen LogP contribution in [0, 0.1) is 0 Å². The quantitative estimate of drug-likeness (QED) is 0.628. The van der Waals surface area contributed by atoms with Gasteiger partial charge in [-0.3, -0.25) is 4.79 Å². The van der Waals surface area contributed by atoms with Gasteiger partial charge < -0.3 is 14.2 Å². The Hall–Kier alpha value is -2.57. The smallest absolute Gasteiger partial charge is 0.424 e. The second-order valence-corrected chi connectivity index (χ2v) is 5.67. The Bertz CT molecular complexity index is 590. The number of rotatable bonds is 3. The molecule has 7 heteroatoms. The molecule has 0 aliphatic rings. The zero-order valence-corrected chi connectivity index (χ0v) is 13.9. The number of amides is 2. The maximum absolute atomic E-state index is 12.4. The number of para-hydroxylation sites is 1. The standard InChI is InChI=1S/C16H21NO6/c1-16(2,3)23-15(20)17(14(19)22-5)12-9-7-6-8-11(12)10-13(18)21-4/h6-9H,10H2,1-5H3. The van der Waals surface area contributed by atoms with Crippen LogP contribution in [0.1, 0.15) is 26.3 Å². The second-order valence-electron chi connectivity index (χ2n) is 5.67. The zero-order valence-electron chi connectivity index (χ0n) is 13.9. The van der Waals surface area contributed by atoms with Crippen LogP contribution in [-0.4, -0.2) is 38.0 Å². The molecule has 0 saturated carbocycles. The van der Waals surface area contributed by atoms with Crippen molar-refractivity contribution in [1.82, 2.24) is 0 Å². The molecule has 0 unspecified atom stereocenters. The van der Waals surface area contributed by atoms with Gasteiger partial charge in [0.15, 0.2) is 0 Å². The number of esters is 1. The van der Waals surface area contributed by atoms with Gasteiger partial charge in [-0.15, -0.1) is 0 Å². The van der Waals surface area contributed by atoms with Crippen molar-refractivity contribution in [3.05, 3.63) is 29.8 Å². The third-order valence-electron chi connectivity index (χ3n) is 2.73. The lowest BCUT2D eigenvalue weighted by atomic mass is 10.1. The summed E-state index contributed by atoms with van der Waals surface area (Å²) in [6.45, 7) is 5.04. The van der Waals surface area contributed by atoms with E-state index in [2.05, 4.69) is 9.47 Å². The fraction of sp³-hybridized carbons (Fsp3) is 0.438. The Morgan fingerprint density at radius 3 is 2.13 bits per heavy atom. The monoisotopic (exact) mass is 323 g/mol. The van der Waals surface area contributed by atoms with Crippen molar-refractivity contribution in [1.29, 1.82) is 0 Å². The first-order valence-corrected chi connectivity index (χ1v) is 6.95. The molecule has 1 rings (SSSR count). The van der Waals surface area contributed by atoms with Gasteiger partial charge in [-0.25, -0.2) is 9.59 Å². The van der Waals surface area contributed by atoms with E-state index in [0.717, 1.165) is 12.0 Å². The third-order valence-corrected chi connectivity index (χ3v) is 2.73. The average molecular weight is 323 g/mol. The van der Waals surface area contributed by atoms with Crippen molar-refractivity contribution < 1.29 is 28.6 Å². The second kappa shape index (κ2) is 7.62. The Kier molecular flexibility index (Phi) is 6.12. The van der Waals surface area contributed by atoms with Crippen LogP contribution < -0.4 is 4.90 Å². The molecule has 7 nitrogen and oxygen atoms in total. The summed E-state index contributed by atoms with van der Waals surface area (Å²) in [5.41, 5.74) is -0.143. The third kappa shape index (κ3) is 5.28. The van der Waals surface area contributed by atoms with Crippen LogP contribution >= 0.6 is 0 Å². The summed E-state index contributed by atoms with van der Waals surface area (Å²) in [6.07, 6.45) is -1.89. The molecule has 2 amide bonds. The summed E-state index contributed by atoms with van der Waals surface area (Å²) in [5.74, 6) is -0.494. The van der Waals surface area contributed by atoms with E-state index in [1.54, 1.807) is 39.0 Å². The first-order valence-electron chi connectivity index (χ1n) is 6.95. The number of carbonyl (C=O) groups excluding carboxylic acids is 3. The fourth-order valence-electron chi connectivity index (χ4n) is 1.78. The van der Waals surface area contributed by atoms with Crippen molar-refractivity contribution in [2.75, 3.05) is 19.1 Å². The van der Waals surface area contributed by atoms with Gasteiger partial charge in [0.25, 0.3) is 0 Å². The highest BCUT2D eigenvalue weighted by Crippen LogP contribution is 2.24. The molecule has 0 heterocycles. The van der Waals surface area contributed by atoms with E-state index in [4.69, 9.17) is 4.74 Å². The summed E-state index contributed by atoms with van der Waals surface area (Å²) in [5, 5.41) is 0. The molecule has 0 bridgehead atoms. The van der Waals surface area contributed by atoms with E-state index in [1.165, 1.54) is 13.2 Å². The van der Waals surface area contributed by atoms with Crippen molar-refractivity contribution in [3.63, 3.8) is 0 Å². The molecule has 1 aromatic carbocycles. The maximum Gasteiger partial charge on any atom is 0.424 e. The molecule has 0 aliphatic heterocycles. The minimum Gasteiger partial charge on any atom is -0.469 e. The van der Waals surface area contributed by atoms with Crippen LogP contribution in [0.3, 0.4) is 0 Å².